The second-order valence-corrected chi connectivity index (χ2v) is 23.1. The number of carbonyl (C=O) groups excluding carboxylic acids is 1. The molecule has 0 aromatic rings. The summed E-state index contributed by atoms with van der Waals surface area (Å²) in [4.78, 5) is 25.9. The van der Waals surface area contributed by atoms with Gasteiger partial charge < -0.3 is 14.0 Å². The largest absolute Gasteiger partial charge is 0.481 e. The van der Waals surface area contributed by atoms with Crippen LogP contribution in [0, 0.1) is 17.3 Å². The van der Waals surface area contributed by atoms with E-state index in [4.69, 9.17) is 8.85 Å². The van der Waals surface area contributed by atoms with Crippen molar-refractivity contribution in [1.29, 1.82) is 0 Å². The van der Waals surface area contributed by atoms with Crippen molar-refractivity contribution in [2.45, 2.75) is 131 Å². The van der Waals surface area contributed by atoms with Crippen molar-refractivity contribution in [3.05, 3.63) is 12.2 Å². The molecule has 1 N–H and O–H groups in total. The van der Waals surface area contributed by atoms with Gasteiger partial charge in [-0.1, -0.05) is 81.4 Å². The predicted molar refractivity (Wildman–Crippen MR) is 148 cm³/mol. The molecule has 0 aromatic carbocycles. The summed E-state index contributed by atoms with van der Waals surface area (Å²) in [5.41, 5.74) is -0.974. The highest BCUT2D eigenvalue weighted by Crippen LogP contribution is 2.43. The van der Waals surface area contributed by atoms with Crippen LogP contribution < -0.4 is 0 Å². The molecule has 0 amide bonds. The minimum Gasteiger partial charge on any atom is -0.481 e. The molecule has 200 valence electrons. The van der Waals surface area contributed by atoms with Crippen molar-refractivity contribution < 1.29 is 23.5 Å². The number of carboxylic acid groups (broad SMARTS) is 1. The second kappa shape index (κ2) is 11.5. The molecular weight excluding hydrogens is 460 g/mol. The smallest absolute Gasteiger partial charge is 0.305 e. The van der Waals surface area contributed by atoms with Gasteiger partial charge in [0.15, 0.2) is 16.6 Å². The van der Waals surface area contributed by atoms with Crippen LogP contribution in [0.15, 0.2) is 12.2 Å². The van der Waals surface area contributed by atoms with E-state index in [0.29, 0.717) is 0 Å². The highest BCUT2D eigenvalue weighted by molar-refractivity contribution is 6.74. The number of ketones is 1. The first-order chi connectivity index (χ1) is 14.9. The molecule has 0 aliphatic heterocycles. The number of carboxylic acids is 1. The lowest BCUT2D eigenvalue weighted by Gasteiger charge is -2.46. The van der Waals surface area contributed by atoms with E-state index in [9.17, 15) is 14.7 Å². The third-order valence-electron chi connectivity index (χ3n) is 8.20. The third-order valence-corrected chi connectivity index (χ3v) is 17.2. The van der Waals surface area contributed by atoms with Crippen molar-refractivity contribution >= 4 is 28.4 Å². The maximum Gasteiger partial charge on any atom is 0.305 e. The summed E-state index contributed by atoms with van der Waals surface area (Å²) in [5, 5.41) is 9.59. The number of rotatable bonds is 12. The van der Waals surface area contributed by atoms with Gasteiger partial charge >= 0.3 is 5.97 Å². The molecule has 4 atom stereocenters. The minimum atomic E-state index is -2.30. The van der Waals surface area contributed by atoms with Crippen molar-refractivity contribution in [3.63, 3.8) is 0 Å². The number of Topliss-reactive ketones (excluding diaryl/α,β-unsaturated/α-hetero) is 1. The van der Waals surface area contributed by atoms with Gasteiger partial charge in [0.05, 0.1) is 18.6 Å². The van der Waals surface area contributed by atoms with E-state index in [-0.39, 0.29) is 34.3 Å². The number of carbonyl (C=O) groups is 2. The fraction of sp³-hybridized carbons (Fsp3) is 0.852. The third kappa shape index (κ3) is 8.42. The molecule has 0 saturated carbocycles. The van der Waals surface area contributed by atoms with Gasteiger partial charge in [-0.15, -0.1) is 0 Å². The highest BCUT2D eigenvalue weighted by Gasteiger charge is 2.49. The first-order valence-electron chi connectivity index (χ1n) is 12.7. The van der Waals surface area contributed by atoms with Gasteiger partial charge in [-0.2, -0.15) is 0 Å². The van der Waals surface area contributed by atoms with Gasteiger partial charge in [-0.05, 0) is 49.1 Å². The van der Waals surface area contributed by atoms with Gasteiger partial charge in [-0.3, -0.25) is 9.59 Å². The molecule has 0 aromatic heterocycles. The Labute approximate surface area is 212 Å². The average molecular weight is 515 g/mol. The van der Waals surface area contributed by atoms with E-state index in [1.807, 2.05) is 33.8 Å². The van der Waals surface area contributed by atoms with Gasteiger partial charge in [0.25, 0.3) is 0 Å². The molecule has 7 heteroatoms. The van der Waals surface area contributed by atoms with Crippen molar-refractivity contribution in [1.82, 2.24) is 0 Å². The Bertz CT molecular complexity index is 726. The minimum absolute atomic E-state index is 0.00229. The van der Waals surface area contributed by atoms with Crippen LogP contribution in [0.5, 0.6) is 0 Å². The number of allylic oxidation sites excluding steroid dienone is 1. The van der Waals surface area contributed by atoms with Crippen LogP contribution in [0.3, 0.4) is 0 Å². The maximum absolute atomic E-state index is 14.1. The van der Waals surface area contributed by atoms with Crippen molar-refractivity contribution in [3.8, 4) is 0 Å². The van der Waals surface area contributed by atoms with E-state index < -0.39 is 40.0 Å². The summed E-state index contributed by atoms with van der Waals surface area (Å²) in [6, 6.07) is 0. The summed E-state index contributed by atoms with van der Waals surface area (Å²) < 4.78 is 13.4. The fourth-order valence-corrected chi connectivity index (χ4v) is 6.52. The van der Waals surface area contributed by atoms with E-state index in [1.54, 1.807) is 0 Å². The predicted octanol–water partition coefficient (Wildman–Crippen LogP) is 7.69. The zero-order valence-electron chi connectivity index (χ0n) is 24.8. The Morgan fingerprint density at radius 3 is 1.62 bits per heavy atom. The second-order valence-electron chi connectivity index (χ2n) is 13.6. The Hall–Kier alpha value is -0.766. The summed E-state index contributed by atoms with van der Waals surface area (Å²) in [6.45, 7) is 31.3. The van der Waals surface area contributed by atoms with E-state index >= 15 is 0 Å². The van der Waals surface area contributed by atoms with Crippen LogP contribution in [0.4, 0.5) is 0 Å². The highest BCUT2D eigenvalue weighted by atomic mass is 28.4. The first kappa shape index (κ1) is 33.2. The molecule has 0 heterocycles. The Balaban J connectivity index is 6.32. The van der Waals surface area contributed by atoms with Crippen LogP contribution in [-0.4, -0.2) is 45.7 Å². The van der Waals surface area contributed by atoms with Crippen LogP contribution in [-0.2, 0) is 18.4 Å². The van der Waals surface area contributed by atoms with Gasteiger partial charge in [0.1, 0.15) is 5.78 Å². The fourth-order valence-electron chi connectivity index (χ4n) is 3.62. The quantitative estimate of drug-likeness (QED) is 0.213. The van der Waals surface area contributed by atoms with Gasteiger partial charge in [0.2, 0.25) is 0 Å². The summed E-state index contributed by atoms with van der Waals surface area (Å²) in [5.74, 6) is -1.31. The summed E-state index contributed by atoms with van der Waals surface area (Å²) >= 11 is 0. The van der Waals surface area contributed by atoms with Gasteiger partial charge in [-0.25, -0.2) is 0 Å². The number of aliphatic carboxylic acids is 1. The number of hydrogen-bond acceptors (Lipinski definition) is 4. The average Bonchev–Trinajstić information content (AvgIpc) is 2.62. The van der Waals surface area contributed by atoms with Crippen molar-refractivity contribution in [2.24, 2.45) is 17.3 Å². The molecule has 34 heavy (non-hydrogen) atoms. The molecule has 0 radical (unpaired) electrons. The number of hydrogen-bond donors (Lipinski definition) is 1. The zero-order valence-corrected chi connectivity index (χ0v) is 26.8. The Kier molecular flexibility index (Phi) is 11.3. The lowest BCUT2D eigenvalue weighted by molar-refractivity contribution is -0.146. The lowest BCUT2D eigenvalue weighted by Crippen LogP contribution is -2.54. The summed E-state index contributed by atoms with van der Waals surface area (Å²) in [7, 11) is -4.45. The Morgan fingerprint density at radius 1 is 0.853 bits per heavy atom. The van der Waals surface area contributed by atoms with E-state index in [1.165, 1.54) is 0 Å². The molecule has 0 rings (SSSR count). The van der Waals surface area contributed by atoms with Crippen LogP contribution in [0.25, 0.3) is 0 Å². The molecule has 0 spiro atoms. The standard InChI is InChI=1S/C27H54O5Si2/c1-16-17-19(2)23(32-34(14,15)26(7,8)9)20(3)24(30)27(10,11)21(18-22(28)29)31-33(12,13)25(4,5)6/h16-17,19-21,23H,18H2,1-15H3,(H,28,29). The van der Waals surface area contributed by atoms with Gasteiger partial charge in [0, 0.05) is 11.3 Å². The molecule has 5 nitrogen and oxygen atoms in total. The molecule has 0 aliphatic rings. The SMILES string of the molecule is CC=CC(C)C(O[Si](C)(C)C(C)(C)C)C(C)C(=O)C(C)(C)C(CC(=O)O)O[Si](C)(C)C(C)(C)C. The maximum atomic E-state index is 14.1. The topological polar surface area (TPSA) is 72.8 Å². The molecule has 0 saturated heterocycles. The van der Waals surface area contributed by atoms with E-state index in [0.717, 1.165) is 0 Å². The summed E-state index contributed by atoms with van der Waals surface area (Å²) in [6.07, 6.45) is 2.91. The Morgan fingerprint density at radius 2 is 1.26 bits per heavy atom. The normalized spacial score (nSPS) is 18.0. The molecule has 0 fully saturated rings. The molecule has 0 bridgehead atoms. The van der Waals surface area contributed by atoms with Crippen molar-refractivity contribution in [2.75, 3.05) is 0 Å². The monoisotopic (exact) mass is 514 g/mol. The molecule has 0 aliphatic carbocycles. The zero-order chi connectivity index (χ0) is 27.5. The van der Waals surface area contributed by atoms with Crippen LogP contribution >= 0.6 is 0 Å². The van der Waals surface area contributed by atoms with Crippen LogP contribution in [0.1, 0.15) is 82.6 Å². The van der Waals surface area contributed by atoms with Crippen LogP contribution in [0.2, 0.25) is 36.3 Å². The molecule has 4 unspecified atom stereocenters. The first-order valence-corrected chi connectivity index (χ1v) is 18.5. The lowest BCUT2D eigenvalue weighted by atomic mass is 9.73. The molecular formula is C27H54O5Si2. The van der Waals surface area contributed by atoms with E-state index in [2.05, 4.69) is 80.7 Å².